The van der Waals surface area contributed by atoms with Crippen LogP contribution in [0.5, 0.6) is 11.6 Å². The van der Waals surface area contributed by atoms with Crippen molar-refractivity contribution in [1.29, 1.82) is 0 Å². The van der Waals surface area contributed by atoms with Crippen LogP contribution in [0.15, 0.2) is 36.8 Å². The van der Waals surface area contributed by atoms with Crippen LogP contribution in [0.2, 0.25) is 0 Å². The molecule has 2 heterocycles. The summed E-state index contributed by atoms with van der Waals surface area (Å²) in [5, 5.41) is 7.42. The molecule has 0 aliphatic rings. The fraction of sp³-hybridized carbons (Fsp3) is 0.167. The minimum atomic E-state index is -1.00. The molecule has 28 heavy (non-hydrogen) atoms. The van der Waals surface area contributed by atoms with Crippen molar-refractivity contribution in [2.45, 2.75) is 6.92 Å². The number of primary amides is 1. The van der Waals surface area contributed by atoms with Crippen LogP contribution >= 0.6 is 0 Å². The van der Waals surface area contributed by atoms with Gasteiger partial charge in [0.1, 0.15) is 6.33 Å². The number of pyridine rings is 1. The van der Waals surface area contributed by atoms with Crippen molar-refractivity contribution in [3.63, 3.8) is 0 Å². The largest absolute Gasteiger partial charge is 0.494 e. The van der Waals surface area contributed by atoms with Crippen LogP contribution in [0, 0.1) is 0 Å². The molecule has 1 aromatic carbocycles. The maximum atomic E-state index is 12.0. The summed E-state index contributed by atoms with van der Waals surface area (Å²) in [5.41, 5.74) is 6.94. The third-order valence-corrected chi connectivity index (χ3v) is 3.79. The summed E-state index contributed by atoms with van der Waals surface area (Å²) in [7, 11) is 3.29. The maximum absolute atomic E-state index is 12.0. The first-order valence-electron chi connectivity index (χ1n) is 8.17. The molecule has 0 aliphatic carbocycles. The molecule has 10 heteroatoms. The first kappa shape index (κ1) is 18.8. The Morgan fingerprint density at radius 3 is 2.61 bits per heavy atom. The van der Waals surface area contributed by atoms with E-state index in [1.807, 2.05) is 6.07 Å². The lowest BCUT2D eigenvalue weighted by atomic mass is 10.1. The van der Waals surface area contributed by atoms with E-state index in [1.54, 1.807) is 30.2 Å². The van der Waals surface area contributed by atoms with Crippen LogP contribution in [0.25, 0.3) is 11.4 Å². The lowest BCUT2D eigenvalue weighted by molar-refractivity contribution is 0.101. The normalized spacial score (nSPS) is 10.4. The molecule has 144 valence electrons. The molecule has 0 fully saturated rings. The van der Waals surface area contributed by atoms with E-state index in [0.29, 0.717) is 34.1 Å². The van der Waals surface area contributed by atoms with Crippen molar-refractivity contribution < 1.29 is 19.1 Å². The summed E-state index contributed by atoms with van der Waals surface area (Å²) in [6, 6.07) is 6.79. The van der Waals surface area contributed by atoms with E-state index in [9.17, 15) is 9.59 Å². The number of para-hydroxylation sites is 1. The number of carbonyl (C=O) groups is 2. The van der Waals surface area contributed by atoms with Gasteiger partial charge in [-0.15, -0.1) is 0 Å². The van der Waals surface area contributed by atoms with Gasteiger partial charge in [-0.3, -0.25) is 9.48 Å². The van der Waals surface area contributed by atoms with Crippen molar-refractivity contribution >= 4 is 23.3 Å². The molecular weight excluding hydrogens is 364 g/mol. The highest BCUT2D eigenvalue weighted by atomic mass is 16.6. The molecule has 10 nitrogen and oxygen atoms in total. The highest BCUT2D eigenvalue weighted by Crippen LogP contribution is 2.37. The third kappa shape index (κ3) is 3.90. The first-order chi connectivity index (χ1) is 13.4. The predicted octanol–water partition coefficient (Wildman–Crippen LogP) is 2.29. The Kier molecular flexibility index (Phi) is 5.21. The molecule has 3 rings (SSSR count). The number of ketones is 1. The zero-order valence-corrected chi connectivity index (χ0v) is 15.5. The quantitative estimate of drug-likeness (QED) is 0.620. The number of anilines is 2. The molecule has 3 N–H and O–H groups in total. The molecular formula is C18H18N6O4. The standard InChI is InChI=1S/C18H18N6O4/c1-10(25)12-8-20-15(28-18(19)26)7-14(12)22-13-6-4-5-11(16(13)27-3)17-21-9-24(2)23-17/h4-9H,1-3H3,(H2,19,26)(H,20,22). The summed E-state index contributed by atoms with van der Waals surface area (Å²) >= 11 is 0. The summed E-state index contributed by atoms with van der Waals surface area (Å²) in [6.07, 6.45) is 1.88. The van der Waals surface area contributed by atoms with Crippen molar-refractivity contribution in [2.24, 2.45) is 12.8 Å². The van der Waals surface area contributed by atoms with E-state index in [1.165, 1.54) is 26.3 Å². The Morgan fingerprint density at radius 1 is 1.21 bits per heavy atom. The van der Waals surface area contributed by atoms with E-state index in [2.05, 4.69) is 20.4 Å². The molecule has 0 saturated heterocycles. The molecule has 0 aliphatic heterocycles. The number of Topliss-reactive ketones (excluding diaryl/α,β-unsaturated/α-hetero) is 1. The number of nitrogens with zero attached hydrogens (tertiary/aromatic N) is 4. The number of nitrogens with one attached hydrogen (secondary N) is 1. The predicted molar refractivity (Wildman–Crippen MR) is 101 cm³/mol. The van der Waals surface area contributed by atoms with Crippen molar-refractivity contribution in [1.82, 2.24) is 19.7 Å². The van der Waals surface area contributed by atoms with Crippen LogP contribution in [0.3, 0.4) is 0 Å². The second-order valence-corrected chi connectivity index (χ2v) is 5.80. The van der Waals surface area contributed by atoms with Gasteiger partial charge < -0.3 is 20.5 Å². The smallest absolute Gasteiger partial charge is 0.411 e. The van der Waals surface area contributed by atoms with Crippen LogP contribution in [0.4, 0.5) is 16.2 Å². The third-order valence-electron chi connectivity index (χ3n) is 3.79. The Bertz CT molecular complexity index is 1050. The van der Waals surface area contributed by atoms with Crippen molar-refractivity contribution in [2.75, 3.05) is 12.4 Å². The maximum Gasteiger partial charge on any atom is 0.411 e. The van der Waals surface area contributed by atoms with Gasteiger partial charge in [0.25, 0.3) is 0 Å². The number of ether oxygens (including phenoxy) is 2. The average molecular weight is 382 g/mol. The molecule has 0 radical (unpaired) electrons. The summed E-state index contributed by atoms with van der Waals surface area (Å²) in [6.45, 7) is 1.41. The van der Waals surface area contributed by atoms with Crippen molar-refractivity contribution in [3.05, 3.63) is 42.4 Å². The number of aryl methyl sites for hydroxylation is 1. The zero-order valence-electron chi connectivity index (χ0n) is 15.5. The fourth-order valence-corrected chi connectivity index (χ4v) is 2.62. The highest BCUT2D eigenvalue weighted by molar-refractivity contribution is 6.00. The van der Waals surface area contributed by atoms with Gasteiger partial charge in [-0.25, -0.2) is 14.8 Å². The number of hydrogen-bond donors (Lipinski definition) is 2. The summed E-state index contributed by atoms with van der Waals surface area (Å²) in [4.78, 5) is 31.1. The van der Waals surface area contributed by atoms with Gasteiger partial charge in [0.05, 0.1) is 29.6 Å². The second kappa shape index (κ2) is 7.74. The first-order valence-corrected chi connectivity index (χ1v) is 8.17. The molecule has 0 saturated carbocycles. The van der Waals surface area contributed by atoms with Crippen LogP contribution < -0.4 is 20.5 Å². The topological polar surface area (TPSA) is 134 Å². The van der Waals surface area contributed by atoms with Gasteiger partial charge in [-0.2, -0.15) is 5.10 Å². The Morgan fingerprint density at radius 2 is 2.00 bits per heavy atom. The Hall–Kier alpha value is -3.95. The lowest BCUT2D eigenvalue weighted by Gasteiger charge is -2.16. The van der Waals surface area contributed by atoms with E-state index in [0.717, 1.165) is 0 Å². The number of amides is 1. The van der Waals surface area contributed by atoms with Crippen LogP contribution in [-0.2, 0) is 7.05 Å². The van der Waals surface area contributed by atoms with E-state index in [-0.39, 0.29) is 11.7 Å². The molecule has 3 aromatic rings. The van der Waals surface area contributed by atoms with Crippen molar-refractivity contribution in [3.8, 4) is 23.0 Å². The van der Waals surface area contributed by atoms with Crippen LogP contribution in [0.1, 0.15) is 17.3 Å². The monoisotopic (exact) mass is 382 g/mol. The van der Waals surface area contributed by atoms with Gasteiger partial charge in [0, 0.05) is 19.3 Å². The Labute approximate surface area is 160 Å². The zero-order chi connectivity index (χ0) is 20.3. The average Bonchev–Trinajstić information content (AvgIpc) is 3.07. The Balaban J connectivity index is 2.06. The SMILES string of the molecule is COc1c(Nc2cc(OC(N)=O)ncc2C(C)=O)cccc1-c1ncn(C)n1. The van der Waals surface area contributed by atoms with E-state index in [4.69, 9.17) is 15.2 Å². The van der Waals surface area contributed by atoms with Gasteiger partial charge in [0.2, 0.25) is 5.88 Å². The molecule has 0 bridgehead atoms. The fourth-order valence-electron chi connectivity index (χ4n) is 2.62. The highest BCUT2D eigenvalue weighted by Gasteiger charge is 2.17. The van der Waals surface area contributed by atoms with E-state index < -0.39 is 6.09 Å². The number of hydrogen-bond acceptors (Lipinski definition) is 8. The molecule has 2 aromatic heterocycles. The number of carbonyl (C=O) groups excluding carboxylic acids is 2. The number of benzene rings is 1. The molecule has 0 atom stereocenters. The number of rotatable bonds is 6. The molecule has 1 amide bonds. The van der Waals surface area contributed by atoms with Gasteiger partial charge >= 0.3 is 6.09 Å². The summed E-state index contributed by atoms with van der Waals surface area (Å²) < 4.78 is 11.9. The number of nitrogens with two attached hydrogens (primary N) is 1. The van der Waals surface area contributed by atoms with Gasteiger partial charge in [-0.05, 0) is 19.1 Å². The summed E-state index contributed by atoms with van der Waals surface area (Å²) in [5.74, 6) is 0.711. The minimum Gasteiger partial charge on any atom is -0.494 e. The van der Waals surface area contributed by atoms with Crippen LogP contribution in [-0.4, -0.2) is 38.7 Å². The van der Waals surface area contributed by atoms with E-state index >= 15 is 0 Å². The second-order valence-electron chi connectivity index (χ2n) is 5.80. The van der Waals surface area contributed by atoms with Gasteiger partial charge in [-0.1, -0.05) is 6.07 Å². The lowest BCUT2D eigenvalue weighted by Crippen LogP contribution is -2.17. The van der Waals surface area contributed by atoms with Gasteiger partial charge in [0.15, 0.2) is 17.4 Å². The molecule has 0 spiro atoms. The minimum absolute atomic E-state index is 0.0403. The number of aromatic nitrogens is 4. The molecule has 0 unspecified atom stereocenters. The number of methoxy groups -OCH3 is 1.